The van der Waals surface area contributed by atoms with Crippen LogP contribution in [0.1, 0.15) is 17.9 Å². The van der Waals surface area contributed by atoms with Crippen LogP contribution in [0.3, 0.4) is 0 Å². The minimum atomic E-state index is -3.80. The lowest BCUT2D eigenvalue weighted by atomic mass is 10.0. The van der Waals surface area contributed by atoms with Crippen molar-refractivity contribution in [2.45, 2.75) is 17.2 Å². The van der Waals surface area contributed by atoms with E-state index in [-0.39, 0.29) is 17.4 Å². The number of nitrogens with one attached hydrogen (secondary N) is 1. The average Bonchev–Trinajstić information content (AvgIpc) is 2.85. The van der Waals surface area contributed by atoms with Gasteiger partial charge in [0.25, 0.3) is 0 Å². The summed E-state index contributed by atoms with van der Waals surface area (Å²) in [5.74, 6) is -0.208. The molecule has 1 heterocycles. The average molecular weight is 314 g/mol. The number of primary sulfonamides is 1. The smallest absolute Gasteiger partial charge is 0.238 e. The molecule has 0 fully saturated rings. The molecule has 21 heavy (non-hydrogen) atoms. The molecule has 1 aromatic rings. The van der Waals surface area contributed by atoms with E-state index in [1.54, 1.807) is 7.11 Å². The minimum absolute atomic E-state index is 0.0241. The Kier molecular flexibility index (Phi) is 4.81. The zero-order chi connectivity index (χ0) is 15.5. The van der Waals surface area contributed by atoms with E-state index in [4.69, 9.17) is 14.6 Å². The monoisotopic (exact) mass is 314 g/mol. The highest BCUT2D eigenvalue weighted by molar-refractivity contribution is 7.89. The number of benzene rings is 1. The van der Waals surface area contributed by atoms with Crippen molar-refractivity contribution in [1.29, 1.82) is 0 Å². The molecule has 116 valence electrons. The van der Waals surface area contributed by atoms with Crippen LogP contribution in [0.4, 0.5) is 0 Å². The van der Waals surface area contributed by atoms with Crippen molar-refractivity contribution < 1.29 is 22.7 Å². The molecule has 2 rings (SSSR count). The van der Waals surface area contributed by atoms with Gasteiger partial charge >= 0.3 is 0 Å². The Morgan fingerprint density at radius 2 is 2.29 bits per heavy atom. The predicted octanol–water partition coefficient (Wildman–Crippen LogP) is -0.0373. The fourth-order valence-electron chi connectivity index (χ4n) is 2.14. The molecule has 1 amide bonds. The second kappa shape index (κ2) is 6.42. The summed E-state index contributed by atoms with van der Waals surface area (Å²) in [6.07, 6.45) is 0.708. The fourth-order valence-corrected chi connectivity index (χ4v) is 2.69. The lowest BCUT2D eigenvalue weighted by molar-refractivity contribution is -0.122. The Morgan fingerprint density at radius 1 is 1.52 bits per heavy atom. The van der Waals surface area contributed by atoms with E-state index < -0.39 is 15.9 Å². The van der Waals surface area contributed by atoms with Crippen LogP contribution >= 0.6 is 0 Å². The summed E-state index contributed by atoms with van der Waals surface area (Å²) in [4.78, 5) is 12.1. The number of nitrogens with two attached hydrogens (primary N) is 1. The number of fused-ring (bicyclic) bond motifs is 1. The van der Waals surface area contributed by atoms with Crippen molar-refractivity contribution >= 4 is 15.9 Å². The Hall–Kier alpha value is -1.64. The highest BCUT2D eigenvalue weighted by Crippen LogP contribution is 2.35. The first-order valence-electron chi connectivity index (χ1n) is 6.49. The van der Waals surface area contributed by atoms with Crippen LogP contribution in [0.25, 0.3) is 0 Å². The number of amides is 1. The molecule has 1 aliphatic heterocycles. The van der Waals surface area contributed by atoms with Crippen molar-refractivity contribution in [3.63, 3.8) is 0 Å². The SMILES string of the molecule is COCCCNC(=O)C1COc2ccc(S(N)(=O)=O)cc21. The zero-order valence-corrected chi connectivity index (χ0v) is 12.5. The van der Waals surface area contributed by atoms with Crippen molar-refractivity contribution in [3.8, 4) is 5.75 Å². The number of methoxy groups -OCH3 is 1. The number of hydrogen-bond donors (Lipinski definition) is 2. The van der Waals surface area contributed by atoms with Gasteiger partial charge < -0.3 is 14.8 Å². The maximum atomic E-state index is 12.1. The molecule has 0 aliphatic carbocycles. The molecule has 0 aromatic heterocycles. The summed E-state index contributed by atoms with van der Waals surface area (Å²) in [5.41, 5.74) is 0.547. The summed E-state index contributed by atoms with van der Waals surface area (Å²) in [5, 5.41) is 7.88. The van der Waals surface area contributed by atoms with Gasteiger partial charge in [-0.05, 0) is 24.6 Å². The number of hydrogen-bond acceptors (Lipinski definition) is 5. The summed E-state index contributed by atoms with van der Waals surface area (Å²) in [7, 11) is -2.21. The number of rotatable bonds is 6. The van der Waals surface area contributed by atoms with E-state index >= 15 is 0 Å². The molecule has 0 radical (unpaired) electrons. The van der Waals surface area contributed by atoms with Crippen LogP contribution < -0.4 is 15.2 Å². The molecule has 0 saturated carbocycles. The summed E-state index contributed by atoms with van der Waals surface area (Å²) in [6.45, 7) is 1.25. The van der Waals surface area contributed by atoms with E-state index in [2.05, 4.69) is 5.32 Å². The number of carbonyl (C=O) groups excluding carboxylic acids is 1. The van der Waals surface area contributed by atoms with Gasteiger partial charge in [0.1, 0.15) is 18.3 Å². The van der Waals surface area contributed by atoms with Gasteiger partial charge in [0.2, 0.25) is 15.9 Å². The molecule has 7 nitrogen and oxygen atoms in total. The molecule has 0 saturated heterocycles. The Balaban J connectivity index is 2.11. The van der Waals surface area contributed by atoms with Crippen molar-refractivity contribution in [2.75, 3.05) is 26.9 Å². The highest BCUT2D eigenvalue weighted by Gasteiger charge is 2.31. The van der Waals surface area contributed by atoms with Gasteiger partial charge in [0, 0.05) is 25.8 Å². The zero-order valence-electron chi connectivity index (χ0n) is 11.7. The molecule has 1 unspecified atom stereocenters. The third-order valence-corrected chi connectivity index (χ3v) is 4.14. The first-order chi connectivity index (χ1) is 9.93. The van der Waals surface area contributed by atoms with Gasteiger partial charge in [-0.3, -0.25) is 4.79 Å². The van der Waals surface area contributed by atoms with Crippen LogP contribution in [0, 0.1) is 0 Å². The maximum absolute atomic E-state index is 12.1. The lowest BCUT2D eigenvalue weighted by Crippen LogP contribution is -2.31. The third kappa shape index (κ3) is 3.72. The molecule has 8 heteroatoms. The lowest BCUT2D eigenvalue weighted by Gasteiger charge is -2.10. The molecule has 1 aliphatic rings. The van der Waals surface area contributed by atoms with Gasteiger partial charge in [-0.15, -0.1) is 0 Å². The standard InChI is InChI=1S/C13H18N2O5S/c1-19-6-2-5-15-13(16)11-8-20-12-4-3-9(7-10(11)12)21(14,17)18/h3-4,7,11H,2,5-6,8H2,1H3,(H,15,16)(H2,14,17,18). The van der Waals surface area contributed by atoms with Crippen molar-refractivity contribution in [1.82, 2.24) is 5.32 Å². The minimum Gasteiger partial charge on any atom is -0.492 e. The molecule has 0 bridgehead atoms. The van der Waals surface area contributed by atoms with Crippen LogP contribution in [-0.2, 0) is 19.6 Å². The van der Waals surface area contributed by atoms with E-state index in [0.29, 0.717) is 30.9 Å². The number of carbonyl (C=O) groups is 1. The highest BCUT2D eigenvalue weighted by atomic mass is 32.2. The van der Waals surface area contributed by atoms with Crippen LogP contribution in [0.15, 0.2) is 23.1 Å². The first-order valence-corrected chi connectivity index (χ1v) is 8.04. The molecule has 1 aromatic carbocycles. The van der Waals surface area contributed by atoms with E-state index in [0.717, 1.165) is 0 Å². The van der Waals surface area contributed by atoms with Gasteiger partial charge in [-0.25, -0.2) is 13.6 Å². The van der Waals surface area contributed by atoms with E-state index in [1.165, 1.54) is 18.2 Å². The predicted molar refractivity (Wildman–Crippen MR) is 75.6 cm³/mol. The summed E-state index contributed by atoms with van der Waals surface area (Å²) in [6, 6.07) is 4.29. The van der Waals surface area contributed by atoms with Crippen molar-refractivity contribution in [3.05, 3.63) is 23.8 Å². The third-order valence-electron chi connectivity index (χ3n) is 3.23. The Bertz CT molecular complexity index is 629. The normalized spacial score (nSPS) is 17.1. The number of sulfonamides is 1. The first kappa shape index (κ1) is 15.7. The van der Waals surface area contributed by atoms with Gasteiger partial charge in [0.05, 0.1) is 4.90 Å². The quantitative estimate of drug-likeness (QED) is 0.717. The largest absolute Gasteiger partial charge is 0.492 e. The van der Waals surface area contributed by atoms with Gasteiger partial charge in [0.15, 0.2) is 0 Å². The van der Waals surface area contributed by atoms with Crippen LogP contribution in [0.5, 0.6) is 5.75 Å². The maximum Gasteiger partial charge on any atom is 0.238 e. The second-order valence-corrected chi connectivity index (χ2v) is 6.31. The van der Waals surface area contributed by atoms with Crippen LogP contribution in [-0.4, -0.2) is 41.2 Å². The van der Waals surface area contributed by atoms with Gasteiger partial charge in [-0.1, -0.05) is 0 Å². The molecular formula is C13H18N2O5S. The van der Waals surface area contributed by atoms with Gasteiger partial charge in [-0.2, -0.15) is 0 Å². The second-order valence-electron chi connectivity index (χ2n) is 4.75. The van der Waals surface area contributed by atoms with E-state index in [1.807, 2.05) is 0 Å². The molecule has 0 spiro atoms. The molecule has 3 N–H and O–H groups in total. The fraction of sp³-hybridized carbons (Fsp3) is 0.462. The Labute approximate surface area is 123 Å². The Morgan fingerprint density at radius 3 is 2.95 bits per heavy atom. The van der Waals surface area contributed by atoms with Crippen molar-refractivity contribution in [2.24, 2.45) is 5.14 Å². The summed E-state index contributed by atoms with van der Waals surface area (Å²) < 4.78 is 33.1. The van der Waals surface area contributed by atoms with Crippen LogP contribution in [0.2, 0.25) is 0 Å². The van der Waals surface area contributed by atoms with E-state index in [9.17, 15) is 13.2 Å². The summed E-state index contributed by atoms with van der Waals surface area (Å²) >= 11 is 0. The topological polar surface area (TPSA) is 108 Å². The molecular weight excluding hydrogens is 296 g/mol. The number of ether oxygens (including phenoxy) is 2. The molecule has 1 atom stereocenters.